The third-order valence-electron chi connectivity index (χ3n) is 6.19. The van der Waals surface area contributed by atoms with Gasteiger partial charge in [0.1, 0.15) is 18.5 Å². The number of carbonyl (C=O) groups is 1. The van der Waals surface area contributed by atoms with Crippen LogP contribution in [0, 0.1) is 11.8 Å². The van der Waals surface area contributed by atoms with Crippen LogP contribution in [0.5, 0.6) is 5.75 Å². The number of ether oxygens (including phenoxy) is 1. The van der Waals surface area contributed by atoms with Gasteiger partial charge in [-0.2, -0.15) is 0 Å². The third-order valence-corrected chi connectivity index (χ3v) is 6.42. The predicted molar refractivity (Wildman–Crippen MR) is 138 cm³/mol. The molecule has 0 aromatic heterocycles. The van der Waals surface area contributed by atoms with Gasteiger partial charge in [0, 0.05) is 23.8 Å². The van der Waals surface area contributed by atoms with Gasteiger partial charge in [0.25, 0.3) is 0 Å². The normalized spacial score (nSPS) is 22.3. The lowest BCUT2D eigenvalue weighted by atomic mass is 9.89. The van der Waals surface area contributed by atoms with E-state index in [9.17, 15) is 20.1 Å². The fraction of sp³-hybridized carbons (Fsp3) is 0.560. The highest BCUT2D eigenvalue weighted by Crippen LogP contribution is 2.36. The van der Waals surface area contributed by atoms with Crippen LogP contribution < -0.4 is 10.1 Å². The Hall–Kier alpha value is -2.18. The zero-order chi connectivity index (χ0) is 29.5. The van der Waals surface area contributed by atoms with E-state index in [-0.39, 0.29) is 31.3 Å². The van der Waals surface area contributed by atoms with Crippen molar-refractivity contribution in [3.8, 4) is 5.75 Å². The monoisotopic (exact) mass is 591 g/mol. The van der Waals surface area contributed by atoms with E-state index in [1.807, 2.05) is 12.2 Å². The summed E-state index contributed by atoms with van der Waals surface area (Å²) < 4.78 is 5.53. The van der Waals surface area contributed by atoms with E-state index in [4.69, 9.17) is 37.2 Å². The Morgan fingerprint density at radius 1 is 1.07 bits per heavy atom. The van der Waals surface area contributed by atoms with E-state index >= 15 is 0 Å². The highest BCUT2D eigenvalue weighted by atomic mass is 35.5. The number of aliphatic hydroxyl groups excluding tert-OH is 3. The van der Waals surface area contributed by atoms with Crippen molar-refractivity contribution in [2.24, 2.45) is 11.8 Å². The van der Waals surface area contributed by atoms with Gasteiger partial charge in [0.15, 0.2) is 0 Å². The lowest BCUT2D eigenvalue weighted by molar-refractivity contribution is -0.502. The van der Waals surface area contributed by atoms with Crippen molar-refractivity contribution in [3.05, 3.63) is 53.6 Å². The molecule has 8 N–H and O–H groups in total. The van der Waals surface area contributed by atoms with Crippen molar-refractivity contribution in [2.45, 2.75) is 56.5 Å². The molecule has 0 spiro atoms. The van der Waals surface area contributed by atoms with Crippen LogP contribution in [0.2, 0.25) is 5.02 Å². The molecule has 0 heterocycles. The van der Waals surface area contributed by atoms with Crippen LogP contribution in [0.3, 0.4) is 0 Å². The van der Waals surface area contributed by atoms with Crippen LogP contribution in [0.4, 0.5) is 0 Å². The number of nitrogens with zero attached hydrogens (tertiary/aromatic N) is 2. The third kappa shape index (κ3) is 13.5. The van der Waals surface area contributed by atoms with E-state index in [2.05, 4.69) is 15.0 Å². The molecular formula is C25H38ClN3O11. The van der Waals surface area contributed by atoms with E-state index < -0.39 is 54.3 Å². The van der Waals surface area contributed by atoms with Crippen LogP contribution in [0.1, 0.15) is 32.1 Å². The largest absolute Gasteiger partial charge is 0.491 e. The Kier molecular flexibility index (Phi) is 15.6. The van der Waals surface area contributed by atoms with Gasteiger partial charge in [-0.15, -0.1) is 0 Å². The number of rotatable bonds is 18. The zero-order valence-corrected chi connectivity index (χ0v) is 22.5. The first-order valence-corrected chi connectivity index (χ1v) is 13.1. The number of carbonyl (C=O) groups excluding carboxylic acids is 1. The van der Waals surface area contributed by atoms with Gasteiger partial charge in [-0.1, -0.05) is 42.0 Å². The van der Waals surface area contributed by atoms with E-state index in [1.54, 1.807) is 36.4 Å². The number of benzene rings is 1. The molecule has 0 bridgehead atoms. The summed E-state index contributed by atoms with van der Waals surface area (Å²) >= 11 is 5.92. The first kappa shape index (κ1) is 34.0. The predicted octanol–water partition coefficient (Wildman–Crippen LogP) is 1.62. The SMILES string of the molecule is O=C(CCC/C=C\C[C@@H]1[C@@H](/C=C/[C@@H](O)COc2cccc(Cl)c2)[C@H](O)C[C@@H]1O)NC(CON(O)O)CON(O)O. The van der Waals surface area contributed by atoms with Crippen LogP contribution in [0.25, 0.3) is 0 Å². The van der Waals surface area contributed by atoms with Crippen LogP contribution in [-0.4, -0.2) is 97.0 Å². The lowest BCUT2D eigenvalue weighted by Crippen LogP contribution is -2.43. The second-order valence-electron chi connectivity index (χ2n) is 9.29. The number of hydrogen-bond donors (Lipinski definition) is 8. The molecule has 15 heteroatoms. The Morgan fingerprint density at radius 3 is 2.42 bits per heavy atom. The summed E-state index contributed by atoms with van der Waals surface area (Å²) in [6.45, 7) is -0.822. The average molecular weight is 592 g/mol. The maximum atomic E-state index is 12.1. The van der Waals surface area contributed by atoms with E-state index in [1.165, 1.54) is 0 Å². The van der Waals surface area contributed by atoms with Gasteiger partial charge >= 0.3 is 0 Å². The highest BCUT2D eigenvalue weighted by molar-refractivity contribution is 6.30. The Balaban J connectivity index is 1.75. The number of aliphatic hydroxyl groups is 3. The van der Waals surface area contributed by atoms with Gasteiger partial charge in [-0.25, -0.2) is 9.68 Å². The van der Waals surface area contributed by atoms with Gasteiger partial charge in [-0.05, 0) is 43.4 Å². The molecule has 1 fully saturated rings. The highest BCUT2D eigenvalue weighted by Gasteiger charge is 2.39. The minimum Gasteiger partial charge on any atom is -0.491 e. The molecule has 1 saturated carbocycles. The molecule has 5 atom stereocenters. The lowest BCUT2D eigenvalue weighted by Gasteiger charge is -2.20. The fourth-order valence-corrected chi connectivity index (χ4v) is 4.43. The van der Waals surface area contributed by atoms with Crippen LogP contribution in [0.15, 0.2) is 48.6 Å². The zero-order valence-electron chi connectivity index (χ0n) is 21.8. The summed E-state index contributed by atoms with van der Waals surface area (Å²) in [5, 5.41) is 67.5. The number of amides is 1. The first-order chi connectivity index (χ1) is 19.0. The maximum Gasteiger partial charge on any atom is 0.220 e. The smallest absolute Gasteiger partial charge is 0.220 e. The number of hydrogen-bond acceptors (Lipinski definition) is 13. The van der Waals surface area contributed by atoms with Crippen molar-refractivity contribution in [3.63, 3.8) is 0 Å². The number of unbranched alkanes of at least 4 members (excludes halogenated alkanes) is 1. The van der Waals surface area contributed by atoms with E-state index in [0.717, 1.165) is 0 Å². The topological polar surface area (TPSA) is 205 Å². The quantitative estimate of drug-likeness (QED) is 0.0695. The van der Waals surface area contributed by atoms with Crippen molar-refractivity contribution in [2.75, 3.05) is 19.8 Å². The standard InChI is InChI=1S/C25H38ClN3O11/c26-17-6-5-7-20(12-17)38-16-19(30)10-11-22-21(23(31)13-24(22)32)8-3-1-2-4-9-25(33)27-18(14-39-28(34)35)15-40-29(36)37/h1,3,5-7,10-12,18-19,21-24,30-32,34-37H,2,4,8-9,13-16H2,(H,27,33)/b3-1-,11-10+/t19-,21-,22-,23+,24-/m1/s1. The second-order valence-corrected chi connectivity index (χ2v) is 9.73. The Morgan fingerprint density at radius 2 is 1.77 bits per heavy atom. The number of nitrogens with one attached hydrogen (secondary N) is 1. The molecule has 1 aliphatic rings. The summed E-state index contributed by atoms with van der Waals surface area (Å²) in [6.07, 6.45) is 6.51. The van der Waals surface area contributed by atoms with E-state index in [0.29, 0.717) is 30.0 Å². The summed E-state index contributed by atoms with van der Waals surface area (Å²) in [5.41, 5.74) is 0. The van der Waals surface area contributed by atoms with Crippen molar-refractivity contribution in [1.29, 1.82) is 0 Å². The Labute approximate surface area is 236 Å². The molecule has 226 valence electrons. The van der Waals surface area contributed by atoms with Crippen LogP contribution >= 0.6 is 11.6 Å². The van der Waals surface area contributed by atoms with Gasteiger partial charge in [0.2, 0.25) is 5.91 Å². The summed E-state index contributed by atoms with van der Waals surface area (Å²) in [7, 11) is 0. The summed E-state index contributed by atoms with van der Waals surface area (Å²) in [4.78, 5) is 21.0. The molecule has 1 aliphatic carbocycles. The Bertz CT molecular complexity index is 925. The van der Waals surface area contributed by atoms with Crippen molar-refractivity contribution < 1.29 is 55.4 Å². The average Bonchev–Trinajstić information content (AvgIpc) is 3.16. The van der Waals surface area contributed by atoms with Crippen LogP contribution in [-0.2, 0) is 14.5 Å². The molecule has 0 aliphatic heterocycles. The summed E-state index contributed by atoms with van der Waals surface area (Å²) in [5.74, 6) is -0.468. The first-order valence-electron chi connectivity index (χ1n) is 12.7. The molecule has 14 nitrogen and oxygen atoms in total. The molecule has 1 aromatic rings. The van der Waals surface area contributed by atoms with Crippen molar-refractivity contribution in [1.82, 2.24) is 16.1 Å². The number of halogens is 1. The van der Waals surface area contributed by atoms with Gasteiger partial charge in [0.05, 0.1) is 42.2 Å². The fourth-order valence-electron chi connectivity index (χ4n) is 4.25. The summed E-state index contributed by atoms with van der Waals surface area (Å²) in [6, 6.07) is 5.91. The van der Waals surface area contributed by atoms with Crippen molar-refractivity contribution >= 4 is 17.5 Å². The second kappa shape index (κ2) is 18.3. The molecule has 0 saturated heterocycles. The minimum atomic E-state index is -0.915. The molecule has 40 heavy (non-hydrogen) atoms. The molecule has 1 amide bonds. The maximum absolute atomic E-state index is 12.1. The molecular weight excluding hydrogens is 554 g/mol. The van der Waals surface area contributed by atoms with Gasteiger partial charge in [-0.3, -0.25) is 25.6 Å². The molecule has 2 rings (SSSR count). The van der Waals surface area contributed by atoms with Gasteiger partial charge < -0.3 is 25.4 Å². The molecule has 0 radical (unpaired) electrons. The molecule has 0 unspecified atom stereocenters. The molecule has 1 aromatic carbocycles. The number of allylic oxidation sites excluding steroid dienone is 2. The minimum absolute atomic E-state index is 0.00375.